The highest BCUT2D eigenvalue weighted by Gasteiger charge is 2.06. The number of hydrogen-bond acceptors (Lipinski definition) is 3. The Labute approximate surface area is 128 Å². The zero-order valence-electron chi connectivity index (χ0n) is 11.7. The molecule has 0 aliphatic rings. The molecule has 110 valence electrons. The Balaban J connectivity index is 1.92. The maximum Gasteiger partial charge on any atom is 0.243 e. The van der Waals surface area contributed by atoms with Gasteiger partial charge in [0.1, 0.15) is 0 Å². The molecular formula is C16H17ClN2O2. The van der Waals surface area contributed by atoms with Crippen LogP contribution in [0.5, 0.6) is 0 Å². The van der Waals surface area contributed by atoms with E-state index >= 15 is 0 Å². The molecule has 0 atom stereocenters. The third-order valence-electron chi connectivity index (χ3n) is 2.96. The van der Waals surface area contributed by atoms with Crippen molar-refractivity contribution >= 4 is 28.9 Å². The largest absolute Gasteiger partial charge is 0.392 e. The van der Waals surface area contributed by atoms with Gasteiger partial charge in [0, 0.05) is 5.69 Å². The van der Waals surface area contributed by atoms with Gasteiger partial charge in [-0.05, 0) is 42.3 Å². The Hall–Kier alpha value is -2.04. The van der Waals surface area contributed by atoms with Gasteiger partial charge in [0.25, 0.3) is 0 Å². The number of nitrogens with one attached hydrogen (secondary N) is 2. The van der Waals surface area contributed by atoms with Crippen molar-refractivity contribution in [3.8, 4) is 0 Å². The van der Waals surface area contributed by atoms with E-state index in [9.17, 15) is 4.79 Å². The highest BCUT2D eigenvalue weighted by Crippen LogP contribution is 2.22. The van der Waals surface area contributed by atoms with Crippen molar-refractivity contribution in [3.63, 3.8) is 0 Å². The van der Waals surface area contributed by atoms with Crippen LogP contribution in [0.15, 0.2) is 42.5 Å². The van der Waals surface area contributed by atoms with Crippen LogP contribution in [0, 0.1) is 6.92 Å². The van der Waals surface area contributed by atoms with Gasteiger partial charge < -0.3 is 15.7 Å². The molecule has 5 heteroatoms. The minimum absolute atomic E-state index is 0.0271. The van der Waals surface area contributed by atoms with Gasteiger partial charge in [-0.1, -0.05) is 29.8 Å². The zero-order valence-corrected chi connectivity index (χ0v) is 12.4. The molecule has 0 saturated carbocycles. The van der Waals surface area contributed by atoms with Crippen LogP contribution in [-0.4, -0.2) is 17.6 Å². The van der Waals surface area contributed by atoms with Gasteiger partial charge >= 0.3 is 0 Å². The lowest BCUT2D eigenvalue weighted by molar-refractivity contribution is -0.114. The van der Waals surface area contributed by atoms with Crippen LogP contribution in [0.3, 0.4) is 0 Å². The number of aliphatic hydroxyl groups is 1. The third kappa shape index (κ3) is 4.48. The maximum absolute atomic E-state index is 11.9. The quantitative estimate of drug-likeness (QED) is 0.795. The Morgan fingerprint density at radius 3 is 2.76 bits per heavy atom. The molecule has 21 heavy (non-hydrogen) atoms. The van der Waals surface area contributed by atoms with Crippen LogP contribution in [-0.2, 0) is 11.4 Å². The van der Waals surface area contributed by atoms with Gasteiger partial charge in [0.2, 0.25) is 5.91 Å². The summed E-state index contributed by atoms with van der Waals surface area (Å²) in [7, 11) is 0. The van der Waals surface area contributed by atoms with E-state index in [0.717, 1.165) is 16.8 Å². The summed E-state index contributed by atoms with van der Waals surface area (Å²) in [6, 6.07) is 12.7. The molecule has 0 aromatic heterocycles. The summed E-state index contributed by atoms with van der Waals surface area (Å²) < 4.78 is 0. The second kappa shape index (κ2) is 7.11. The first-order valence-corrected chi connectivity index (χ1v) is 6.96. The Morgan fingerprint density at radius 2 is 2.05 bits per heavy atom. The summed E-state index contributed by atoms with van der Waals surface area (Å²) >= 11 is 6.07. The number of hydrogen-bond donors (Lipinski definition) is 3. The van der Waals surface area contributed by atoms with Crippen LogP contribution in [0.1, 0.15) is 11.1 Å². The van der Waals surface area contributed by atoms with E-state index in [-0.39, 0.29) is 19.1 Å². The summed E-state index contributed by atoms with van der Waals surface area (Å²) in [5.74, 6) is -0.185. The number of anilines is 2. The molecule has 4 nitrogen and oxygen atoms in total. The minimum atomic E-state index is -0.185. The highest BCUT2D eigenvalue weighted by atomic mass is 35.5. The summed E-state index contributed by atoms with van der Waals surface area (Å²) in [5, 5.41) is 15.3. The van der Waals surface area contributed by atoms with E-state index in [1.807, 2.05) is 31.2 Å². The summed E-state index contributed by atoms with van der Waals surface area (Å²) in [6.45, 7) is 2.03. The fourth-order valence-corrected chi connectivity index (χ4v) is 2.16. The SMILES string of the molecule is Cc1ccc(NC(=O)CNc2cccc(CO)c2)c(Cl)c1. The Bertz CT molecular complexity index is 644. The molecule has 0 saturated heterocycles. The van der Waals surface area contributed by atoms with Gasteiger partial charge in [0.05, 0.1) is 23.9 Å². The third-order valence-corrected chi connectivity index (χ3v) is 3.27. The first-order chi connectivity index (χ1) is 10.1. The Kier molecular flexibility index (Phi) is 5.20. The predicted molar refractivity (Wildman–Crippen MR) is 85.7 cm³/mol. The molecule has 0 unspecified atom stereocenters. The first-order valence-electron chi connectivity index (χ1n) is 6.58. The van der Waals surface area contributed by atoms with E-state index in [0.29, 0.717) is 10.7 Å². The zero-order chi connectivity index (χ0) is 15.2. The fourth-order valence-electron chi connectivity index (χ4n) is 1.88. The lowest BCUT2D eigenvalue weighted by Gasteiger charge is -2.10. The van der Waals surface area contributed by atoms with Crippen molar-refractivity contribution in [1.29, 1.82) is 0 Å². The molecule has 0 radical (unpaired) electrons. The van der Waals surface area contributed by atoms with Crippen molar-refractivity contribution < 1.29 is 9.90 Å². The smallest absolute Gasteiger partial charge is 0.243 e. The van der Waals surface area contributed by atoms with Crippen LogP contribution in [0.25, 0.3) is 0 Å². The van der Waals surface area contributed by atoms with Crippen molar-refractivity contribution in [1.82, 2.24) is 0 Å². The number of carbonyl (C=O) groups is 1. The molecule has 0 aliphatic heterocycles. The average Bonchev–Trinajstić information content (AvgIpc) is 2.48. The van der Waals surface area contributed by atoms with Crippen LogP contribution < -0.4 is 10.6 Å². The van der Waals surface area contributed by atoms with Crippen molar-refractivity contribution in [2.24, 2.45) is 0 Å². The maximum atomic E-state index is 11.9. The first kappa shape index (κ1) is 15.4. The van der Waals surface area contributed by atoms with E-state index in [1.54, 1.807) is 18.2 Å². The minimum Gasteiger partial charge on any atom is -0.392 e. The van der Waals surface area contributed by atoms with Crippen molar-refractivity contribution in [2.45, 2.75) is 13.5 Å². The molecule has 0 fully saturated rings. The van der Waals surface area contributed by atoms with Crippen LogP contribution in [0.2, 0.25) is 5.02 Å². The number of carbonyl (C=O) groups excluding carboxylic acids is 1. The van der Waals surface area contributed by atoms with Gasteiger partial charge in [-0.25, -0.2) is 0 Å². The monoisotopic (exact) mass is 304 g/mol. The normalized spacial score (nSPS) is 10.2. The van der Waals surface area contributed by atoms with Crippen molar-refractivity contribution in [3.05, 3.63) is 58.6 Å². The number of aliphatic hydroxyl groups excluding tert-OH is 1. The fraction of sp³-hybridized carbons (Fsp3) is 0.188. The van der Waals surface area contributed by atoms with Gasteiger partial charge in [-0.15, -0.1) is 0 Å². The van der Waals surface area contributed by atoms with Gasteiger partial charge in [-0.2, -0.15) is 0 Å². The molecular weight excluding hydrogens is 288 g/mol. The van der Waals surface area contributed by atoms with E-state index < -0.39 is 0 Å². The highest BCUT2D eigenvalue weighted by molar-refractivity contribution is 6.33. The number of halogens is 1. The van der Waals surface area contributed by atoms with Crippen LogP contribution in [0.4, 0.5) is 11.4 Å². The number of aryl methyl sites for hydroxylation is 1. The molecule has 2 rings (SSSR count). The topological polar surface area (TPSA) is 61.4 Å². The number of benzene rings is 2. The van der Waals surface area contributed by atoms with E-state index in [2.05, 4.69) is 10.6 Å². The van der Waals surface area contributed by atoms with E-state index in [1.165, 1.54) is 0 Å². The average molecular weight is 305 g/mol. The number of rotatable bonds is 5. The second-order valence-corrected chi connectivity index (χ2v) is 5.15. The summed E-state index contributed by atoms with van der Waals surface area (Å²) in [6.07, 6.45) is 0. The Morgan fingerprint density at radius 1 is 1.24 bits per heavy atom. The summed E-state index contributed by atoms with van der Waals surface area (Å²) in [5.41, 5.74) is 3.21. The van der Waals surface area contributed by atoms with Crippen LogP contribution >= 0.6 is 11.6 Å². The lowest BCUT2D eigenvalue weighted by atomic mass is 10.2. The molecule has 0 bridgehead atoms. The molecule has 1 amide bonds. The summed E-state index contributed by atoms with van der Waals surface area (Å²) in [4.78, 5) is 11.9. The predicted octanol–water partition coefficient (Wildman–Crippen LogP) is 3.19. The molecule has 0 spiro atoms. The standard InChI is InChI=1S/C16H17ClN2O2/c1-11-5-6-15(14(17)7-11)19-16(21)9-18-13-4-2-3-12(8-13)10-20/h2-8,18,20H,9-10H2,1H3,(H,19,21). The van der Waals surface area contributed by atoms with E-state index in [4.69, 9.17) is 16.7 Å². The second-order valence-electron chi connectivity index (χ2n) is 4.74. The lowest BCUT2D eigenvalue weighted by Crippen LogP contribution is -2.22. The molecule has 0 heterocycles. The van der Waals surface area contributed by atoms with Crippen molar-refractivity contribution in [2.75, 3.05) is 17.2 Å². The molecule has 3 N–H and O–H groups in total. The molecule has 2 aromatic carbocycles. The molecule has 2 aromatic rings. The number of amides is 1. The molecule has 0 aliphatic carbocycles. The van der Waals surface area contributed by atoms with Gasteiger partial charge in [0.15, 0.2) is 0 Å². The van der Waals surface area contributed by atoms with Gasteiger partial charge in [-0.3, -0.25) is 4.79 Å².